The van der Waals surface area contributed by atoms with Crippen LogP contribution in [-0.4, -0.2) is 31.5 Å². The molecule has 0 atom stereocenters. The summed E-state index contributed by atoms with van der Waals surface area (Å²) >= 11 is 0. The van der Waals surface area contributed by atoms with Crippen LogP contribution in [0.2, 0.25) is 0 Å². The highest BCUT2D eigenvalue weighted by Crippen LogP contribution is 2.23. The molecule has 0 aliphatic carbocycles. The van der Waals surface area contributed by atoms with Crippen LogP contribution in [0, 0.1) is 6.92 Å². The molecule has 6 heteroatoms. The largest absolute Gasteiger partial charge is 0.506 e. The Bertz CT molecular complexity index is 581. The fourth-order valence-corrected chi connectivity index (χ4v) is 2.04. The predicted octanol–water partition coefficient (Wildman–Crippen LogP) is 0.654. The SMILES string of the molecule is Cc1ncc(CO)c(CNCCc2ccn(C)n2)c1O. The zero-order chi connectivity index (χ0) is 14.5. The molecule has 20 heavy (non-hydrogen) atoms. The third-order valence-corrected chi connectivity index (χ3v) is 3.23. The molecule has 0 aromatic carbocycles. The van der Waals surface area contributed by atoms with Crippen LogP contribution >= 0.6 is 0 Å². The van der Waals surface area contributed by atoms with Crippen LogP contribution < -0.4 is 5.32 Å². The van der Waals surface area contributed by atoms with Gasteiger partial charge in [0.2, 0.25) is 0 Å². The van der Waals surface area contributed by atoms with E-state index in [0.717, 1.165) is 18.7 Å². The van der Waals surface area contributed by atoms with E-state index in [4.69, 9.17) is 0 Å². The number of nitrogens with zero attached hydrogens (tertiary/aromatic N) is 3. The van der Waals surface area contributed by atoms with Crippen LogP contribution in [-0.2, 0) is 26.6 Å². The molecule has 0 saturated heterocycles. The van der Waals surface area contributed by atoms with Gasteiger partial charge in [-0.2, -0.15) is 5.10 Å². The Balaban J connectivity index is 1.92. The van der Waals surface area contributed by atoms with E-state index >= 15 is 0 Å². The Morgan fingerprint density at radius 1 is 1.40 bits per heavy atom. The highest BCUT2D eigenvalue weighted by atomic mass is 16.3. The predicted molar refractivity (Wildman–Crippen MR) is 75.2 cm³/mol. The Morgan fingerprint density at radius 3 is 2.85 bits per heavy atom. The van der Waals surface area contributed by atoms with Gasteiger partial charge >= 0.3 is 0 Å². The van der Waals surface area contributed by atoms with Gasteiger partial charge in [-0.05, 0) is 13.0 Å². The smallest absolute Gasteiger partial charge is 0.141 e. The maximum Gasteiger partial charge on any atom is 0.141 e. The number of aliphatic hydroxyl groups excluding tert-OH is 1. The van der Waals surface area contributed by atoms with Crippen LogP contribution in [0.15, 0.2) is 18.5 Å². The van der Waals surface area contributed by atoms with Gasteiger partial charge in [0.25, 0.3) is 0 Å². The van der Waals surface area contributed by atoms with Crippen molar-refractivity contribution < 1.29 is 10.2 Å². The van der Waals surface area contributed by atoms with Gasteiger partial charge in [0, 0.05) is 50.1 Å². The summed E-state index contributed by atoms with van der Waals surface area (Å²) < 4.78 is 1.78. The lowest BCUT2D eigenvalue weighted by Gasteiger charge is -2.12. The van der Waals surface area contributed by atoms with Gasteiger partial charge in [0.1, 0.15) is 5.75 Å². The fraction of sp³-hybridized carbons (Fsp3) is 0.429. The first-order valence-corrected chi connectivity index (χ1v) is 6.58. The second-order valence-electron chi connectivity index (χ2n) is 4.76. The van der Waals surface area contributed by atoms with E-state index in [-0.39, 0.29) is 12.4 Å². The average Bonchev–Trinajstić information content (AvgIpc) is 2.85. The molecule has 0 saturated carbocycles. The molecule has 0 aliphatic rings. The third-order valence-electron chi connectivity index (χ3n) is 3.23. The number of aliphatic hydroxyl groups is 1. The van der Waals surface area contributed by atoms with Crippen molar-refractivity contribution in [3.63, 3.8) is 0 Å². The Kier molecular flexibility index (Phi) is 4.70. The summed E-state index contributed by atoms with van der Waals surface area (Å²) in [7, 11) is 1.89. The van der Waals surface area contributed by atoms with Gasteiger partial charge in [0.15, 0.2) is 0 Å². The summed E-state index contributed by atoms with van der Waals surface area (Å²) in [6, 6.07) is 1.98. The lowest BCUT2D eigenvalue weighted by Crippen LogP contribution is -2.18. The first-order chi connectivity index (χ1) is 9.61. The molecule has 0 radical (unpaired) electrons. The van der Waals surface area contributed by atoms with Crippen LogP contribution in [0.4, 0.5) is 0 Å². The van der Waals surface area contributed by atoms with E-state index in [0.29, 0.717) is 23.4 Å². The van der Waals surface area contributed by atoms with Gasteiger partial charge in [-0.3, -0.25) is 9.67 Å². The fourth-order valence-electron chi connectivity index (χ4n) is 2.04. The Hall–Kier alpha value is -1.92. The molecule has 0 aliphatic heterocycles. The zero-order valence-corrected chi connectivity index (χ0v) is 11.8. The standard InChI is InChI=1S/C14H20N4O2/c1-10-14(20)13(11(9-19)7-16-10)8-15-5-3-12-4-6-18(2)17-12/h4,6-7,15,19-20H,3,5,8-9H2,1-2H3. The molecule has 0 unspecified atom stereocenters. The molecule has 2 aromatic rings. The molecule has 0 amide bonds. The topological polar surface area (TPSA) is 83.2 Å². The highest BCUT2D eigenvalue weighted by Gasteiger charge is 2.10. The Labute approximate surface area is 118 Å². The number of pyridine rings is 1. The normalized spacial score (nSPS) is 10.9. The van der Waals surface area contributed by atoms with Crippen molar-refractivity contribution in [1.82, 2.24) is 20.1 Å². The summed E-state index contributed by atoms with van der Waals surface area (Å²) in [6.45, 7) is 2.87. The summed E-state index contributed by atoms with van der Waals surface area (Å²) in [5, 5.41) is 26.8. The van der Waals surface area contributed by atoms with Crippen LogP contribution in [0.25, 0.3) is 0 Å². The monoisotopic (exact) mass is 276 g/mol. The van der Waals surface area contributed by atoms with E-state index in [1.165, 1.54) is 0 Å². The van der Waals surface area contributed by atoms with Crippen molar-refractivity contribution in [2.45, 2.75) is 26.5 Å². The van der Waals surface area contributed by atoms with Crippen LogP contribution in [0.5, 0.6) is 5.75 Å². The quantitative estimate of drug-likeness (QED) is 0.675. The first-order valence-electron chi connectivity index (χ1n) is 6.58. The van der Waals surface area contributed by atoms with Crippen LogP contribution in [0.3, 0.4) is 0 Å². The van der Waals surface area contributed by atoms with E-state index in [9.17, 15) is 10.2 Å². The molecule has 2 rings (SSSR count). The van der Waals surface area contributed by atoms with Gasteiger partial charge < -0.3 is 15.5 Å². The molecule has 6 nitrogen and oxygen atoms in total. The minimum atomic E-state index is -0.127. The number of aryl methyl sites for hydroxylation is 2. The minimum absolute atomic E-state index is 0.127. The summed E-state index contributed by atoms with van der Waals surface area (Å²) in [5.74, 6) is 0.155. The van der Waals surface area contributed by atoms with E-state index < -0.39 is 0 Å². The second-order valence-corrected chi connectivity index (χ2v) is 4.76. The van der Waals surface area contributed by atoms with E-state index in [2.05, 4.69) is 15.4 Å². The van der Waals surface area contributed by atoms with Crippen molar-refractivity contribution in [3.8, 4) is 5.75 Å². The average molecular weight is 276 g/mol. The van der Waals surface area contributed by atoms with Crippen molar-refractivity contribution in [2.24, 2.45) is 7.05 Å². The molecule has 0 spiro atoms. The van der Waals surface area contributed by atoms with E-state index in [1.807, 2.05) is 19.3 Å². The maximum atomic E-state index is 10.00. The summed E-state index contributed by atoms with van der Waals surface area (Å²) in [5.41, 5.74) is 2.96. The molecule has 0 bridgehead atoms. The zero-order valence-electron chi connectivity index (χ0n) is 11.8. The molecule has 108 valence electrons. The highest BCUT2D eigenvalue weighted by molar-refractivity contribution is 5.40. The number of hydrogen-bond acceptors (Lipinski definition) is 5. The maximum absolute atomic E-state index is 10.00. The number of aromatic nitrogens is 3. The molecule has 3 N–H and O–H groups in total. The van der Waals surface area contributed by atoms with Gasteiger partial charge in [-0.25, -0.2) is 0 Å². The molecule has 2 heterocycles. The summed E-state index contributed by atoms with van der Waals surface area (Å²) in [4.78, 5) is 4.04. The second kappa shape index (κ2) is 6.49. The number of aromatic hydroxyl groups is 1. The molecule has 2 aromatic heterocycles. The lowest BCUT2D eigenvalue weighted by atomic mass is 10.1. The van der Waals surface area contributed by atoms with Crippen LogP contribution in [0.1, 0.15) is 22.5 Å². The molecular weight excluding hydrogens is 256 g/mol. The van der Waals surface area contributed by atoms with Crippen molar-refractivity contribution >= 4 is 0 Å². The lowest BCUT2D eigenvalue weighted by molar-refractivity contribution is 0.278. The minimum Gasteiger partial charge on any atom is -0.506 e. The van der Waals surface area contributed by atoms with Crippen molar-refractivity contribution in [3.05, 3.63) is 41.0 Å². The van der Waals surface area contributed by atoms with Gasteiger partial charge in [0.05, 0.1) is 18.0 Å². The number of rotatable bonds is 6. The summed E-state index contributed by atoms with van der Waals surface area (Å²) in [6.07, 6.45) is 4.34. The van der Waals surface area contributed by atoms with E-state index in [1.54, 1.807) is 17.8 Å². The van der Waals surface area contributed by atoms with Crippen molar-refractivity contribution in [1.29, 1.82) is 0 Å². The number of hydrogen-bond donors (Lipinski definition) is 3. The number of nitrogens with one attached hydrogen (secondary N) is 1. The molecular formula is C14H20N4O2. The van der Waals surface area contributed by atoms with Gasteiger partial charge in [-0.15, -0.1) is 0 Å². The third kappa shape index (κ3) is 3.34. The van der Waals surface area contributed by atoms with Crippen molar-refractivity contribution in [2.75, 3.05) is 6.54 Å². The molecule has 0 fully saturated rings. The first kappa shape index (κ1) is 14.5. The Morgan fingerprint density at radius 2 is 2.20 bits per heavy atom. The van der Waals surface area contributed by atoms with Gasteiger partial charge in [-0.1, -0.05) is 0 Å².